The number of ether oxygens (including phenoxy) is 2. The molecule has 0 unspecified atom stereocenters. The first-order chi connectivity index (χ1) is 13.4. The zero-order chi connectivity index (χ0) is 20.1. The van der Waals surface area contributed by atoms with Gasteiger partial charge >= 0.3 is 12.1 Å². The first-order valence-corrected chi connectivity index (χ1v) is 8.46. The number of esters is 1. The summed E-state index contributed by atoms with van der Waals surface area (Å²) in [6, 6.07) is 15.9. The second-order valence-electron chi connectivity index (χ2n) is 6.11. The van der Waals surface area contributed by atoms with E-state index in [2.05, 4.69) is 0 Å². The van der Waals surface area contributed by atoms with Crippen molar-refractivity contribution < 1.29 is 27.4 Å². The third-order valence-electron chi connectivity index (χ3n) is 4.18. The van der Waals surface area contributed by atoms with Crippen LogP contribution >= 0.6 is 0 Å². The van der Waals surface area contributed by atoms with Crippen molar-refractivity contribution in [3.8, 4) is 11.1 Å². The van der Waals surface area contributed by atoms with Crippen molar-refractivity contribution >= 4 is 5.97 Å². The molecule has 7 heteroatoms. The van der Waals surface area contributed by atoms with Crippen LogP contribution in [0.25, 0.3) is 11.1 Å². The lowest BCUT2D eigenvalue weighted by molar-refractivity contribution is -0.137. The Morgan fingerprint density at radius 2 is 1.68 bits per heavy atom. The van der Waals surface area contributed by atoms with Crippen LogP contribution in [0.2, 0.25) is 0 Å². The molecule has 3 aromatic rings. The van der Waals surface area contributed by atoms with E-state index in [1.54, 1.807) is 16.8 Å². The fourth-order valence-corrected chi connectivity index (χ4v) is 2.74. The van der Waals surface area contributed by atoms with Gasteiger partial charge in [0.05, 0.1) is 19.3 Å². The lowest BCUT2D eigenvalue weighted by Crippen LogP contribution is -2.11. The van der Waals surface area contributed by atoms with Crippen LogP contribution < -0.4 is 0 Å². The molecule has 0 spiro atoms. The molecule has 1 heterocycles. The zero-order valence-corrected chi connectivity index (χ0v) is 15.1. The monoisotopic (exact) mass is 389 g/mol. The van der Waals surface area contributed by atoms with Crippen molar-refractivity contribution in [3.05, 3.63) is 83.7 Å². The average Bonchev–Trinajstić information content (AvgIpc) is 3.12. The van der Waals surface area contributed by atoms with Gasteiger partial charge in [-0.3, -0.25) is 0 Å². The van der Waals surface area contributed by atoms with Gasteiger partial charge in [0.15, 0.2) is 0 Å². The summed E-state index contributed by atoms with van der Waals surface area (Å²) in [5, 5.41) is 0. The van der Waals surface area contributed by atoms with Gasteiger partial charge in [-0.05, 0) is 29.3 Å². The quantitative estimate of drug-likeness (QED) is 0.549. The van der Waals surface area contributed by atoms with Crippen LogP contribution in [0.15, 0.2) is 66.9 Å². The molecule has 0 aliphatic carbocycles. The molecule has 0 aliphatic heterocycles. The maximum Gasteiger partial charge on any atom is 0.416 e. The van der Waals surface area contributed by atoms with Crippen LogP contribution in [-0.2, 0) is 29.0 Å². The first kappa shape index (κ1) is 19.7. The van der Waals surface area contributed by atoms with Crippen molar-refractivity contribution in [2.24, 2.45) is 0 Å². The third-order valence-corrected chi connectivity index (χ3v) is 4.18. The highest BCUT2D eigenvalue weighted by Gasteiger charge is 2.30. The van der Waals surface area contributed by atoms with E-state index < -0.39 is 17.7 Å². The summed E-state index contributed by atoms with van der Waals surface area (Å²) < 4.78 is 50.2. The number of halogens is 3. The lowest BCUT2D eigenvalue weighted by atomic mass is 10.1. The number of carbonyl (C=O) groups is 1. The molecular formula is C21H18F3NO3. The Morgan fingerprint density at radius 1 is 1.00 bits per heavy atom. The second-order valence-corrected chi connectivity index (χ2v) is 6.11. The first-order valence-electron chi connectivity index (χ1n) is 8.46. The smallest absolute Gasteiger partial charge is 0.416 e. The summed E-state index contributed by atoms with van der Waals surface area (Å²) in [6.45, 7) is 0.454. The minimum atomic E-state index is -4.40. The number of nitrogens with zero attached hydrogens (tertiary/aromatic N) is 1. The summed E-state index contributed by atoms with van der Waals surface area (Å²) in [7, 11) is 1.27. The van der Waals surface area contributed by atoms with E-state index in [4.69, 9.17) is 9.47 Å². The van der Waals surface area contributed by atoms with Crippen molar-refractivity contribution in [3.63, 3.8) is 0 Å². The second kappa shape index (κ2) is 8.31. The summed E-state index contributed by atoms with van der Waals surface area (Å²) in [5.74, 6) is -0.554. The topological polar surface area (TPSA) is 40.5 Å². The van der Waals surface area contributed by atoms with E-state index >= 15 is 0 Å². The fourth-order valence-electron chi connectivity index (χ4n) is 2.74. The summed E-state index contributed by atoms with van der Waals surface area (Å²) in [4.78, 5) is 12.1. The number of benzene rings is 2. The van der Waals surface area contributed by atoms with Crippen molar-refractivity contribution in [1.29, 1.82) is 0 Å². The Balaban J connectivity index is 1.80. The molecule has 3 rings (SSSR count). The Morgan fingerprint density at radius 3 is 2.29 bits per heavy atom. The van der Waals surface area contributed by atoms with E-state index in [9.17, 15) is 18.0 Å². The van der Waals surface area contributed by atoms with Gasteiger partial charge in [-0.15, -0.1) is 0 Å². The van der Waals surface area contributed by atoms with Crippen LogP contribution in [0, 0.1) is 0 Å². The molecule has 0 radical (unpaired) electrons. The molecular weight excluding hydrogens is 371 g/mol. The predicted octanol–water partition coefficient (Wildman–Crippen LogP) is 5.13. The van der Waals surface area contributed by atoms with Crippen LogP contribution in [0.4, 0.5) is 13.2 Å². The van der Waals surface area contributed by atoms with Crippen molar-refractivity contribution in [2.45, 2.75) is 19.5 Å². The van der Waals surface area contributed by atoms with Gasteiger partial charge in [0.2, 0.25) is 0 Å². The van der Waals surface area contributed by atoms with E-state index in [1.807, 2.05) is 30.3 Å². The van der Waals surface area contributed by atoms with Gasteiger partial charge in [-0.25, -0.2) is 4.79 Å². The maximum atomic E-state index is 12.7. The van der Waals surface area contributed by atoms with E-state index in [0.29, 0.717) is 17.7 Å². The Kier molecular flexibility index (Phi) is 5.84. The molecule has 0 aliphatic rings. The van der Waals surface area contributed by atoms with Crippen molar-refractivity contribution in [1.82, 2.24) is 4.57 Å². The molecule has 0 N–H and O–H groups in total. The van der Waals surface area contributed by atoms with E-state index in [1.165, 1.54) is 19.2 Å². The summed E-state index contributed by atoms with van der Waals surface area (Å²) >= 11 is 0. The molecule has 28 heavy (non-hydrogen) atoms. The Labute approximate surface area is 160 Å². The number of rotatable bonds is 6. The SMILES string of the molecule is COC(=O)c1cc(-c2ccc(C(F)(F)F)cc2)cn1COCc1ccccc1. The molecule has 0 saturated carbocycles. The highest BCUT2D eigenvalue weighted by atomic mass is 19.4. The highest BCUT2D eigenvalue weighted by Crippen LogP contribution is 2.31. The number of alkyl halides is 3. The standard InChI is InChI=1S/C21H18F3NO3/c1-27-20(26)19-11-17(16-7-9-18(10-8-16)21(22,23)24)12-25(19)14-28-13-15-5-3-2-4-6-15/h2-12H,13-14H2,1H3. The molecule has 4 nitrogen and oxygen atoms in total. The van der Waals surface area contributed by atoms with Crippen LogP contribution in [0.1, 0.15) is 21.6 Å². The van der Waals surface area contributed by atoms with Crippen LogP contribution in [0.3, 0.4) is 0 Å². The number of methoxy groups -OCH3 is 1. The van der Waals surface area contributed by atoms with Gasteiger partial charge in [0.25, 0.3) is 0 Å². The lowest BCUT2D eigenvalue weighted by Gasteiger charge is -2.09. The summed E-state index contributed by atoms with van der Waals surface area (Å²) in [6.07, 6.45) is -2.74. The van der Waals surface area contributed by atoms with Crippen LogP contribution in [0.5, 0.6) is 0 Å². The minimum Gasteiger partial charge on any atom is -0.464 e. The Bertz CT molecular complexity index is 932. The number of aromatic nitrogens is 1. The van der Waals surface area contributed by atoms with Crippen molar-refractivity contribution in [2.75, 3.05) is 7.11 Å². The maximum absolute atomic E-state index is 12.7. The highest BCUT2D eigenvalue weighted by molar-refractivity contribution is 5.89. The molecule has 0 fully saturated rings. The van der Waals surface area contributed by atoms with Gasteiger partial charge < -0.3 is 14.0 Å². The number of hydrogen-bond donors (Lipinski definition) is 0. The molecule has 0 amide bonds. The average molecular weight is 389 g/mol. The van der Waals surface area contributed by atoms with Gasteiger partial charge in [0, 0.05) is 11.8 Å². The normalized spacial score (nSPS) is 11.4. The third kappa shape index (κ3) is 4.61. The Hall–Kier alpha value is -3.06. The summed E-state index contributed by atoms with van der Waals surface area (Å²) in [5.41, 5.74) is 1.66. The van der Waals surface area contributed by atoms with E-state index in [0.717, 1.165) is 17.7 Å². The molecule has 146 valence electrons. The van der Waals surface area contributed by atoms with Gasteiger partial charge in [-0.1, -0.05) is 42.5 Å². The molecule has 0 atom stereocenters. The molecule has 0 bridgehead atoms. The largest absolute Gasteiger partial charge is 0.464 e. The minimum absolute atomic E-state index is 0.0972. The van der Waals surface area contributed by atoms with Crippen LogP contribution in [-0.4, -0.2) is 17.6 Å². The van der Waals surface area contributed by atoms with Gasteiger partial charge in [-0.2, -0.15) is 13.2 Å². The van der Waals surface area contributed by atoms with E-state index in [-0.39, 0.29) is 12.4 Å². The van der Waals surface area contributed by atoms with Gasteiger partial charge in [0.1, 0.15) is 12.4 Å². The molecule has 0 saturated heterocycles. The molecule has 1 aromatic heterocycles. The molecule has 2 aromatic carbocycles. The number of hydrogen-bond acceptors (Lipinski definition) is 3. The fraction of sp³-hybridized carbons (Fsp3) is 0.190. The number of carbonyl (C=O) groups excluding carboxylic acids is 1. The predicted molar refractivity (Wildman–Crippen MR) is 97.4 cm³/mol. The zero-order valence-electron chi connectivity index (χ0n) is 15.1.